The molecule has 4 rings (SSSR count). The molecule has 0 aliphatic heterocycles. The van der Waals surface area contributed by atoms with Crippen LogP contribution in [-0.2, 0) is 6.54 Å². The average molecular weight is 432 g/mol. The van der Waals surface area contributed by atoms with Gasteiger partial charge in [-0.05, 0) is 55.3 Å². The lowest BCUT2D eigenvalue weighted by Crippen LogP contribution is -2.08. The second-order valence-corrected chi connectivity index (χ2v) is 7.62. The van der Waals surface area contributed by atoms with Crippen molar-refractivity contribution in [2.45, 2.75) is 33.2 Å². The Morgan fingerprint density at radius 1 is 1.09 bits per heavy atom. The number of ether oxygens (including phenoxy) is 1. The summed E-state index contributed by atoms with van der Waals surface area (Å²) in [7, 11) is 1.66. The molecule has 0 aliphatic rings. The van der Waals surface area contributed by atoms with E-state index in [-0.39, 0.29) is 11.7 Å². The largest absolute Gasteiger partial charge is 0.495 e. The normalized spacial score (nSPS) is 12.4. The number of nitrogens with zero attached hydrogens (tertiary/aromatic N) is 5. The molecule has 164 valence electrons. The maximum absolute atomic E-state index is 13.3. The first-order valence-corrected chi connectivity index (χ1v) is 10.6. The third kappa shape index (κ3) is 4.32. The van der Waals surface area contributed by atoms with Gasteiger partial charge in [-0.2, -0.15) is 0 Å². The first kappa shape index (κ1) is 21.5. The number of imidazole rings is 1. The molecule has 0 saturated heterocycles. The summed E-state index contributed by atoms with van der Waals surface area (Å²) in [5.74, 6) is 2.13. The van der Waals surface area contributed by atoms with Gasteiger partial charge < -0.3 is 13.9 Å². The highest BCUT2D eigenvalue weighted by Gasteiger charge is 2.17. The highest BCUT2D eigenvalue weighted by atomic mass is 19.1. The van der Waals surface area contributed by atoms with Gasteiger partial charge in [0.05, 0.1) is 24.8 Å². The monoisotopic (exact) mass is 431 g/mol. The molecule has 32 heavy (non-hydrogen) atoms. The molecule has 1 unspecified atom stereocenters. The Morgan fingerprint density at radius 3 is 2.53 bits per heavy atom. The summed E-state index contributed by atoms with van der Waals surface area (Å²) in [5.41, 5.74) is 3.86. The molecule has 6 nitrogen and oxygen atoms in total. The van der Waals surface area contributed by atoms with E-state index in [1.807, 2.05) is 48.0 Å². The lowest BCUT2D eigenvalue weighted by molar-refractivity contribution is 0.413. The fourth-order valence-corrected chi connectivity index (χ4v) is 3.73. The van der Waals surface area contributed by atoms with Crippen LogP contribution < -0.4 is 4.74 Å². The van der Waals surface area contributed by atoms with Crippen LogP contribution in [0.3, 0.4) is 0 Å². The van der Waals surface area contributed by atoms with Crippen LogP contribution >= 0.6 is 0 Å². The fraction of sp³-hybridized carbons (Fsp3) is 0.240. The molecule has 0 spiro atoms. The standard InChI is InChI=1S/C25H26FN5O/c1-5-31-24(28-29-25(31)18(3)20-8-10-21(26)11-9-20)13-7-19-6-12-22(23(14-19)32-4)30-15-17(2)27-16-30/h6-16,18H,5H2,1-4H3. The van der Waals surface area contributed by atoms with Gasteiger partial charge in [-0.1, -0.05) is 31.2 Å². The Morgan fingerprint density at radius 2 is 1.88 bits per heavy atom. The minimum absolute atomic E-state index is 0.00298. The third-order valence-electron chi connectivity index (χ3n) is 5.50. The summed E-state index contributed by atoms with van der Waals surface area (Å²) in [6, 6.07) is 12.5. The van der Waals surface area contributed by atoms with Gasteiger partial charge in [0.15, 0.2) is 5.82 Å². The second-order valence-electron chi connectivity index (χ2n) is 7.62. The fourth-order valence-electron chi connectivity index (χ4n) is 3.73. The predicted octanol–water partition coefficient (Wildman–Crippen LogP) is 5.26. The summed E-state index contributed by atoms with van der Waals surface area (Å²) in [5, 5.41) is 8.81. The van der Waals surface area contributed by atoms with E-state index in [9.17, 15) is 4.39 Å². The molecule has 0 fully saturated rings. The summed E-state index contributed by atoms with van der Waals surface area (Å²) in [4.78, 5) is 4.29. The lowest BCUT2D eigenvalue weighted by atomic mass is 10.0. The Kier molecular flexibility index (Phi) is 6.16. The highest BCUT2D eigenvalue weighted by Crippen LogP contribution is 2.27. The van der Waals surface area contributed by atoms with Crippen molar-refractivity contribution in [1.29, 1.82) is 0 Å². The molecule has 4 aromatic rings. The maximum atomic E-state index is 13.3. The van der Waals surface area contributed by atoms with Crippen molar-refractivity contribution in [1.82, 2.24) is 24.3 Å². The Hall–Kier alpha value is -3.74. The van der Waals surface area contributed by atoms with E-state index in [1.165, 1.54) is 12.1 Å². The van der Waals surface area contributed by atoms with Gasteiger partial charge in [-0.15, -0.1) is 10.2 Å². The Balaban J connectivity index is 1.60. The minimum Gasteiger partial charge on any atom is -0.495 e. The van der Waals surface area contributed by atoms with Gasteiger partial charge in [-0.25, -0.2) is 9.37 Å². The van der Waals surface area contributed by atoms with Crippen molar-refractivity contribution in [3.8, 4) is 11.4 Å². The molecule has 0 aliphatic carbocycles. The van der Waals surface area contributed by atoms with Crippen LogP contribution in [0.4, 0.5) is 4.39 Å². The first-order valence-electron chi connectivity index (χ1n) is 10.6. The number of rotatable bonds is 7. The van der Waals surface area contributed by atoms with E-state index >= 15 is 0 Å². The number of methoxy groups -OCH3 is 1. The van der Waals surface area contributed by atoms with E-state index in [0.29, 0.717) is 0 Å². The van der Waals surface area contributed by atoms with Crippen LogP contribution in [0.2, 0.25) is 0 Å². The van der Waals surface area contributed by atoms with Crippen LogP contribution in [0.5, 0.6) is 5.75 Å². The number of hydrogen-bond acceptors (Lipinski definition) is 4. The van der Waals surface area contributed by atoms with Gasteiger partial charge in [0.2, 0.25) is 0 Å². The molecule has 2 heterocycles. The quantitative estimate of drug-likeness (QED) is 0.400. The molecule has 0 saturated carbocycles. The zero-order valence-electron chi connectivity index (χ0n) is 18.7. The predicted molar refractivity (Wildman–Crippen MR) is 123 cm³/mol. The number of halogens is 1. The second kappa shape index (κ2) is 9.18. The van der Waals surface area contributed by atoms with Gasteiger partial charge in [0.1, 0.15) is 17.4 Å². The molecular formula is C25H26FN5O. The zero-order chi connectivity index (χ0) is 22.7. The Labute approximate surface area is 187 Å². The summed E-state index contributed by atoms with van der Waals surface area (Å²) >= 11 is 0. The molecule has 2 aromatic heterocycles. The van der Waals surface area contributed by atoms with E-state index in [2.05, 4.69) is 33.6 Å². The van der Waals surface area contributed by atoms with Gasteiger partial charge in [-0.3, -0.25) is 0 Å². The molecule has 0 N–H and O–H groups in total. The van der Waals surface area contributed by atoms with Gasteiger partial charge in [0, 0.05) is 18.7 Å². The topological polar surface area (TPSA) is 57.8 Å². The van der Waals surface area contributed by atoms with Crippen molar-refractivity contribution in [3.63, 3.8) is 0 Å². The van der Waals surface area contributed by atoms with Crippen LogP contribution in [-0.4, -0.2) is 31.4 Å². The Bertz CT molecular complexity index is 1240. The van der Waals surface area contributed by atoms with E-state index in [4.69, 9.17) is 4.74 Å². The number of aryl methyl sites for hydroxylation is 1. The van der Waals surface area contributed by atoms with Gasteiger partial charge in [0.25, 0.3) is 0 Å². The van der Waals surface area contributed by atoms with Gasteiger partial charge >= 0.3 is 0 Å². The molecule has 1 atom stereocenters. The van der Waals surface area contributed by atoms with Crippen LogP contribution in [0.1, 0.15) is 48.2 Å². The third-order valence-corrected chi connectivity index (χ3v) is 5.50. The molecule has 7 heteroatoms. The minimum atomic E-state index is -0.244. The first-order chi connectivity index (χ1) is 15.5. The number of aromatic nitrogens is 5. The summed E-state index contributed by atoms with van der Waals surface area (Å²) in [6.07, 6.45) is 7.68. The molecule has 2 aromatic carbocycles. The summed E-state index contributed by atoms with van der Waals surface area (Å²) < 4.78 is 22.9. The molecule has 0 amide bonds. The molecule has 0 bridgehead atoms. The van der Waals surface area contributed by atoms with Crippen LogP contribution in [0.25, 0.3) is 17.8 Å². The van der Waals surface area contributed by atoms with Crippen molar-refractivity contribution >= 4 is 12.2 Å². The lowest BCUT2D eigenvalue weighted by Gasteiger charge is -2.13. The van der Waals surface area contributed by atoms with E-state index in [1.54, 1.807) is 25.6 Å². The van der Waals surface area contributed by atoms with Crippen molar-refractivity contribution < 1.29 is 9.13 Å². The van der Waals surface area contributed by atoms with Crippen molar-refractivity contribution in [3.05, 3.63) is 89.3 Å². The summed E-state index contributed by atoms with van der Waals surface area (Å²) in [6.45, 7) is 6.80. The van der Waals surface area contributed by atoms with Crippen LogP contribution in [0, 0.1) is 12.7 Å². The van der Waals surface area contributed by atoms with E-state index in [0.717, 1.165) is 46.5 Å². The van der Waals surface area contributed by atoms with Crippen molar-refractivity contribution in [2.24, 2.45) is 0 Å². The highest BCUT2D eigenvalue weighted by molar-refractivity contribution is 5.69. The molecule has 0 radical (unpaired) electrons. The van der Waals surface area contributed by atoms with Crippen molar-refractivity contribution in [2.75, 3.05) is 7.11 Å². The average Bonchev–Trinajstić information content (AvgIpc) is 3.43. The SMILES string of the molecule is CCn1c(C=Cc2ccc(-n3cnc(C)c3)c(OC)c2)nnc1C(C)c1ccc(F)cc1. The number of benzene rings is 2. The zero-order valence-corrected chi connectivity index (χ0v) is 18.7. The van der Waals surface area contributed by atoms with E-state index < -0.39 is 0 Å². The van der Waals surface area contributed by atoms with Crippen LogP contribution in [0.15, 0.2) is 55.0 Å². The smallest absolute Gasteiger partial charge is 0.156 e. The maximum Gasteiger partial charge on any atom is 0.156 e. The molecular weight excluding hydrogens is 405 g/mol. The number of hydrogen-bond donors (Lipinski definition) is 0.